The summed E-state index contributed by atoms with van der Waals surface area (Å²) in [7, 11) is -2.35. The molecule has 228 valence electrons. The maximum absolute atomic E-state index is 13.5. The van der Waals surface area contributed by atoms with Crippen LogP contribution in [0.25, 0.3) is 27.7 Å². The number of urea groups is 1. The minimum Gasteiger partial charge on any atom is -0.340 e. The number of nitrogens with one attached hydrogen (secondary N) is 1. The van der Waals surface area contributed by atoms with Gasteiger partial charge in [-0.3, -0.25) is 4.79 Å². The van der Waals surface area contributed by atoms with Gasteiger partial charge in [0.05, 0.1) is 10.4 Å². The summed E-state index contributed by atoms with van der Waals surface area (Å²) < 4.78 is 27.9. The van der Waals surface area contributed by atoms with Crippen molar-refractivity contribution in [3.8, 4) is 16.8 Å². The Labute approximate surface area is 267 Å². The second kappa shape index (κ2) is 11.1. The molecule has 2 heterocycles. The Kier molecular flexibility index (Phi) is 7.17. The fraction of sp³-hybridized carbons (Fsp3) is 0.200. The zero-order valence-corrected chi connectivity index (χ0v) is 26.2. The number of hydrogen-bond donors (Lipinski definition) is 1. The van der Waals surface area contributed by atoms with Crippen molar-refractivity contribution in [2.75, 3.05) is 13.6 Å². The van der Waals surface area contributed by atoms with E-state index in [4.69, 9.17) is 11.8 Å². The summed E-state index contributed by atoms with van der Waals surface area (Å²) in [6.07, 6.45) is 2.70. The number of aromatic nitrogens is 1. The van der Waals surface area contributed by atoms with Crippen molar-refractivity contribution in [3.05, 3.63) is 120 Å². The molecule has 7 rings (SSSR count). The number of rotatable bonds is 7. The third-order valence-corrected chi connectivity index (χ3v) is 11.0. The molecule has 2 aliphatic rings. The van der Waals surface area contributed by atoms with E-state index in [2.05, 4.69) is 40.2 Å². The summed E-state index contributed by atoms with van der Waals surface area (Å²) in [5.74, 6) is -0.00600. The van der Waals surface area contributed by atoms with Gasteiger partial charge in [-0.2, -0.15) is 8.42 Å². The summed E-state index contributed by atoms with van der Waals surface area (Å²) in [5.41, 5.74) is 6.22. The van der Waals surface area contributed by atoms with Crippen molar-refractivity contribution >= 4 is 44.6 Å². The minimum absolute atomic E-state index is 0.00600. The zero-order valence-electron chi connectivity index (χ0n) is 24.6. The monoisotopic (exact) mass is 638 g/mol. The first-order valence-electron chi connectivity index (χ1n) is 14.8. The van der Waals surface area contributed by atoms with Crippen molar-refractivity contribution in [2.45, 2.75) is 36.1 Å². The number of likely N-dealkylation sites (N-methyl/N-ethyl adjacent to an activating group) is 1. The molecule has 0 bridgehead atoms. The van der Waals surface area contributed by atoms with Crippen LogP contribution in [0.1, 0.15) is 34.5 Å². The number of hydrogen-bond acceptors (Lipinski definition) is 4. The fourth-order valence-corrected chi connectivity index (χ4v) is 7.42. The Morgan fingerprint density at radius 3 is 2.24 bits per heavy atom. The Bertz CT molecular complexity index is 2040. The van der Waals surface area contributed by atoms with Crippen LogP contribution in [0.4, 0.5) is 4.79 Å². The van der Waals surface area contributed by atoms with Crippen LogP contribution in [-0.4, -0.2) is 52.8 Å². The minimum atomic E-state index is -4.19. The van der Waals surface area contributed by atoms with Crippen molar-refractivity contribution in [2.24, 2.45) is 0 Å². The first-order valence-corrected chi connectivity index (χ1v) is 16.6. The first-order chi connectivity index (χ1) is 21.7. The van der Waals surface area contributed by atoms with Gasteiger partial charge in [-0.15, -0.1) is 3.82 Å². The highest BCUT2D eigenvalue weighted by molar-refractivity contribution is 7.90. The van der Waals surface area contributed by atoms with E-state index in [0.717, 1.165) is 45.3 Å². The number of benzene rings is 4. The molecule has 0 radical (unpaired) electrons. The van der Waals surface area contributed by atoms with Gasteiger partial charge < -0.3 is 14.8 Å². The lowest BCUT2D eigenvalue weighted by Crippen LogP contribution is -2.45. The maximum atomic E-state index is 13.5. The fourth-order valence-electron chi connectivity index (χ4n) is 6.19. The molecule has 0 saturated heterocycles. The van der Waals surface area contributed by atoms with Gasteiger partial charge in [0.2, 0.25) is 0 Å². The number of carbonyl (C=O) groups excluding carboxylic acids is 2. The van der Waals surface area contributed by atoms with Crippen LogP contribution in [0.5, 0.6) is 0 Å². The van der Waals surface area contributed by atoms with E-state index in [0.29, 0.717) is 31.5 Å². The summed E-state index contributed by atoms with van der Waals surface area (Å²) in [6.45, 7) is 0.666. The Hall–Kier alpha value is -4.60. The average Bonchev–Trinajstić information content (AvgIpc) is 3.73. The van der Waals surface area contributed by atoms with Gasteiger partial charge in [0.15, 0.2) is 0 Å². The number of sulfonamides is 1. The number of carbonyl (C=O) groups is 2. The molecule has 1 fully saturated rings. The van der Waals surface area contributed by atoms with Gasteiger partial charge in [0.25, 0.3) is 15.9 Å². The highest BCUT2D eigenvalue weighted by Gasteiger charge is 2.46. The van der Waals surface area contributed by atoms with Crippen LogP contribution < -0.4 is 5.32 Å². The summed E-state index contributed by atoms with van der Waals surface area (Å²) in [6, 6.07) is 31.3. The van der Waals surface area contributed by atoms with Crippen molar-refractivity contribution < 1.29 is 18.0 Å². The molecule has 45 heavy (non-hydrogen) atoms. The molecule has 1 aromatic heterocycles. The van der Waals surface area contributed by atoms with E-state index in [1.165, 1.54) is 12.1 Å². The molecule has 1 aliphatic heterocycles. The predicted octanol–water partition coefficient (Wildman–Crippen LogP) is 6.56. The zero-order chi connectivity index (χ0) is 31.3. The third-order valence-electron chi connectivity index (χ3n) is 8.80. The van der Waals surface area contributed by atoms with Gasteiger partial charge in [-0.1, -0.05) is 66.7 Å². The van der Waals surface area contributed by atoms with Crippen LogP contribution >= 0.6 is 11.8 Å². The molecule has 0 unspecified atom stereocenters. The molecule has 1 N–H and O–H groups in total. The van der Waals surface area contributed by atoms with Gasteiger partial charge in [-0.25, -0.2) is 4.79 Å². The van der Waals surface area contributed by atoms with Crippen LogP contribution in [0.2, 0.25) is 0 Å². The second-order valence-corrected chi connectivity index (χ2v) is 14.1. The lowest BCUT2D eigenvalue weighted by atomic mass is 9.99. The lowest BCUT2D eigenvalue weighted by molar-refractivity contribution is 0.0773. The SMILES string of the molecule is CN1CCc2c(n(-c3ccc(CC4(NC(=O)N(Cl)S(=O)(=O)c5ccccc5)CC4)cc3)c3ccc(-c4ccccc4)cc23)C1=O. The quantitative estimate of drug-likeness (QED) is 0.205. The summed E-state index contributed by atoms with van der Waals surface area (Å²) in [4.78, 5) is 28.1. The third kappa shape index (κ3) is 5.26. The van der Waals surface area contributed by atoms with Crippen molar-refractivity contribution in [1.82, 2.24) is 18.6 Å². The predicted molar refractivity (Wildman–Crippen MR) is 175 cm³/mol. The molecule has 0 atom stereocenters. The molecule has 4 aromatic carbocycles. The van der Waals surface area contributed by atoms with E-state index >= 15 is 0 Å². The highest BCUT2D eigenvalue weighted by atomic mass is 35.5. The molecule has 8 nitrogen and oxygen atoms in total. The van der Waals surface area contributed by atoms with Gasteiger partial charge >= 0.3 is 6.03 Å². The Morgan fingerprint density at radius 2 is 1.58 bits per heavy atom. The lowest BCUT2D eigenvalue weighted by Gasteiger charge is -2.24. The normalized spacial score (nSPS) is 15.5. The topological polar surface area (TPSA) is 91.7 Å². The number of halogens is 1. The van der Waals surface area contributed by atoms with Crippen LogP contribution in [0.3, 0.4) is 0 Å². The van der Waals surface area contributed by atoms with E-state index in [1.807, 2.05) is 49.5 Å². The number of amides is 3. The molecule has 1 saturated carbocycles. The highest BCUT2D eigenvalue weighted by Crippen LogP contribution is 2.40. The Balaban J connectivity index is 1.16. The Morgan fingerprint density at radius 1 is 0.911 bits per heavy atom. The molecule has 5 aromatic rings. The van der Waals surface area contributed by atoms with Crippen LogP contribution in [0.15, 0.2) is 108 Å². The first kappa shape index (κ1) is 29.1. The van der Waals surface area contributed by atoms with E-state index in [-0.39, 0.29) is 14.6 Å². The molecule has 0 spiro atoms. The van der Waals surface area contributed by atoms with Crippen LogP contribution in [0, 0.1) is 0 Å². The van der Waals surface area contributed by atoms with Gasteiger partial charge in [0, 0.05) is 42.0 Å². The largest absolute Gasteiger partial charge is 0.347 e. The summed E-state index contributed by atoms with van der Waals surface area (Å²) >= 11 is 6.04. The van der Waals surface area contributed by atoms with Crippen LogP contribution in [-0.2, 0) is 22.9 Å². The molecule has 10 heteroatoms. The van der Waals surface area contributed by atoms with E-state index in [9.17, 15) is 18.0 Å². The van der Waals surface area contributed by atoms with E-state index < -0.39 is 21.6 Å². The number of nitrogens with zero attached hydrogens (tertiary/aromatic N) is 3. The second-order valence-electron chi connectivity index (χ2n) is 11.8. The average molecular weight is 639 g/mol. The van der Waals surface area contributed by atoms with Gasteiger partial charge in [0.1, 0.15) is 5.69 Å². The smallest absolute Gasteiger partial charge is 0.340 e. The standard InChI is InChI=1S/C35H31ClN4O4S/c1-38-21-18-29-30-22-26(25-8-4-2-5-9-25)14-17-31(30)39(32(29)33(38)41)27-15-12-24(13-16-27)23-35(19-20-35)37-34(42)40(36)45(43,44)28-10-6-3-7-11-28/h2-17,22H,18-21,23H2,1H3,(H,37,42). The van der Waals surface area contributed by atoms with Crippen molar-refractivity contribution in [1.29, 1.82) is 0 Å². The molecule has 3 amide bonds. The molecular weight excluding hydrogens is 608 g/mol. The van der Waals surface area contributed by atoms with Crippen molar-refractivity contribution in [3.63, 3.8) is 0 Å². The molecule has 1 aliphatic carbocycles. The maximum Gasteiger partial charge on any atom is 0.347 e. The number of fused-ring (bicyclic) bond motifs is 3. The summed E-state index contributed by atoms with van der Waals surface area (Å²) in [5, 5.41) is 3.93. The van der Waals surface area contributed by atoms with Gasteiger partial charge in [-0.05, 0) is 84.3 Å². The molecular formula is C35H31ClN4O4S. The van der Waals surface area contributed by atoms with E-state index in [1.54, 1.807) is 23.1 Å².